The largest absolute Gasteiger partial charge is 0.385 e. The number of carbonyl (C=O) groups excluding carboxylic acids is 1. The number of nitrogens with zero attached hydrogens (tertiary/aromatic N) is 2. The molecule has 27 heavy (non-hydrogen) atoms. The maximum atomic E-state index is 14.6. The number of hydrogen-bond donors (Lipinski definition) is 3. The number of aryl methyl sites for hydroxylation is 1. The predicted molar refractivity (Wildman–Crippen MR) is 103 cm³/mol. The number of anilines is 1. The molecule has 7 heteroatoms. The molecule has 144 valence electrons. The minimum atomic E-state index is -0.383. The quantitative estimate of drug-likeness (QED) is 0.744. The molecule has 0 aromatic heterocycles. The van der Waals surface area contributed by atoms with Crippen molar-refractivity contribution in [3.63, 3.8) is 0 Å². The standard InChI is InChI=1S/C20H26FN5O/c1-12-4-2-7-16(21)19(12)25-11-13-10-24-18(23)9-17(13)26(20(25)27)15-6-3-5-14(22)8-15/h2,4,7,9,14-15,24H,3,5-6,8,10-11,22-23H2,1H3. The first-order chi connectivity index (χ1) is 13.0. The van der Waals surface area contributed by atoms with Gasteiger partial charge in [0.1, 0.15) is 5.82 Å². The van der Waals surface area contributed by atoms with Crippen molar-refractivity contribution in [3.05, 3.63) is 52.7 Å². The Morgan fingerprint density at radius 2 is 2.11 bits per heavy atom. The fraction of sp³-hybridized carbons (Fsp3) is 0.450. The van der Waals surface area contributed by atoms with Gasteiger partial charge in [0.25, 0.3) is 0 Å². The second-order valence-corrected chi connectivity index (χ2v) is 7.67. The monoisotopic (exact) mass is 371 g/mol. The van der Waals surface area contributed by atoms with Crippen LogP contribution in [0.25, 0.3) is 0 Å². The van der Waals surface area contributed by atoms with E-state index in [0.717, 1.165) is 42.5 Å². The van der Waals surface area contributed by atoms with Crippen LogP contribution in [-0.2, 0) is 0 Å². The number of carbonyl (C=O) groups is 1. The highest BCUT2D eigenvalue weighted by Gasteiger charge is 2.40. The predicted octanol–water partition coefficient (Wildman–Crippen LogP) is 2.30. The smallest absolute Gasteiger partial charge is 0.329 e. The zero-order valence-electron chi connectivity index (χ0n) is 15.5. The molecular weight excluding hydrogens is 345 g/mol. The zero-order valence-corrected chi connectivity index (χ0v) is 15.5. The van der Waals surface area contributed by atoms with Crippen LogP contribution >= 0.6 is 0 Å². The van der Waals surface area contributed by atoms with E-state index in [1.807, 2.05) is 19.1 Å². The molecule has 0 spiro atoms. The van der Waals surface area contributed by atoms with E-state index in [2.05, 4.69) is 5.32 Å². The molecule has 6 nitrogen and oxygen atoms in total. The SMILES string of the molecule is Cc1cccc(F)c1N1CC2=C(C=C(N)NC2)N(C2CCCC(N)C2)C1=O. The van der Waals surface area contributed by atoms with Crippen molar-refractivity contribution in [2.45, 2.75) is 44.7 Å². The van der Waals surface area contributed by atoms with Crippen molar-refractivity contribution in [2.75, 3.05) is 18.0 Å². The number of urea groups is 1. The Labute approximate surface area is 158 Å². The van der Waals surface area contributed by atoms with Crippen molar-refractivity contribution in [3.8, 4) is 0 Å². The van der Waals surface area contributed by atoms with Crippen LogP contribution in [0.15, 0.2) is 41.4 Å². The van der Waals surface area contributed by atoms with Gasteiger partial charge in [0.05, 0.1) is 23.8 Å². The summed E-state index contributed by atoms with van der Waals surface area (Å²) >= 11 is 0. The Balaban J connectivity index is 1.79. The highest BCUT2D eigenvalue weighted by Crippen LogP contribution is 2.36. The van der Waals surface area contributed by atoms with E-state index in [1.54, 1.807) is 15.9 Å². The van der Waals surface area contributed by atoms with Crippen molar-refractivity contribution >= 4 is 11.7 Å². The van der Waals surface area contributed by atoms with Crippen molar-refractivity contribution < 1.29 is 9.18 Å². The van der Waals surface area contributed by atoms with Gasteiger partial charge in [-0.25, -0.2) is 9.18 Å². The van der Waals surface area contributed by atoms with Crippen LogP contribution in [-0.4, -0.2) is 36.1 Å². The number of allylic oxidation sites excluding steroid dienone is 1. The van der Waals surface area contributed by atoms with E-state index < -0.39 is 0 Å². The molecule has 0 bridgehead atoms. The summed E-state index contributed by atoms with van der Waals surface area (Å²) < 4.78 is 14.6. The molecule has 1 saturated carbocycles. The van der Waals surface area contributed by atoms with Crippen molar-refractivity contribution in [2.24, 2.45) is 11.5 Å². The van der Waals surface area contributed by atoms with Crippen molar-refractivity contribution in [1.29, 1.82) is 0 Å². The molecule has 4 rings (SSSR count). The van der Waals surface area contributed by atoms with E-state index in [0.29, 0.717) is 24.6 Å². The third-order valence-electron chi connectivity index (χ3n) is 5.72. The van der Waals surface area contributed by atoms with Gasteiger partial charge in [-0.3, -0.25) is 9.80 Å². The first-order valence-electron chi connectivity index (χ1n) is 9.50. The lowest BCUT2D eigenvalue weighted by Crippen LogP contribution is -2.56. The van der Waals surface area contributed by atoms with Crippen LogP contribution in [0, 0.1) is 12.7 Å². The Kier molecular flexibility index (Phi) is 4.55. The van der Waals surface area contributed by atoms with Crippen LogP contribution < -0.4 is 21.7 Å². The Bertz CT molecular complexity index is 813. The molecule has 2 atom stereocenters. The van der Waals surface area contributed by atoms with Crippen LogP contribution in [0.1, 0.15) is 31.2 Å². The number of nitrogens with one attached hydrogen (secondary N) is 1. The highest BCUT2D eigenvalue weighted by atomic mass is 19.1. The fourth-order valence-corrected chi connectivity index (χ4v) is 4.40. The Morgan fingerprint density at radius 3 is 2.85 bits per heavy atom. The molecule has 1 aromatic rings. The summed E-state index contributed by atoms with van der Waals surface area (Å²) in [4.78, 5) is 16.9. The molecule has 2 unspecified atom stereocenters. The Morgan fingerprint density at radius 1 is 1.30 bits per heavy atom. The third-order valence-corrected chi connectivity index (χ3v) is 5.72. The number of nitrogens with two attached hydrogens (primary N) is 2. The van der Waals surface area contributed by atoms with Gasteiger partial charge < -0.3 is 16.8 Å². The van der Waals surface area contributed by atoms with Gasteiger partial charge in [-0.05, 0) is 49.8 Å². The van der Waals surface area contributed by atoms with Crippen LogP contribution in [0.5, 0.6) is 0 Å². The maximum Gasteiger partial charge on any atom is 0.329 e. The van der Waals surface area contributed by atoms with Gasteiger partial charge >= 0.3 is 6.03 Å². The molecule has 0 radical (unpaired) electrons. The first kappa shape index (κ1) is 17.9. The van der Waals surface area contributed by atoms with Gasteiger partial charge in [0.2, 0.25) is 0 Å². The van der Waals surface area contributed by atoms with Crippen LogP contribution in [0.2, 0.25) is 0 Å². The molecule has 2 aliphatic heterocycles. The second kappa shape index (κ2) is 6.88. The van der Waals surface area contributed by atoms with E-state index in [1.165, 1.54) is 6.07 Å². The van der Waals surface area contributed by atoms with Gasteiger partial charge in [-0.2, -0.15) is 0 Å². The fourth-order valence-electron chi connectivity index (χ4n) is 4.40. The first-order valence-corrected chi connectivity index (χ1v) is 9.50. The van der Waals surface area contributed by atoms with E-state index in [4.69, 9.17) is 11.5 Å². The summed E-state index contributed by atoms with van der Waals surface area (Å²) in [6, 6.07) is 4.77. The molecule has 1 aliphatic carbocycles. The van der Waals surface area contributed by atoms with Crippen LogP contribution in [0.3, 0.4) is 0 Å². The maximum absolute atomic E-state index is 14.6. The third kappa shape index (κ3) is 3.16. The number of rotatable bonds is 2. The van der Waals surface area contributed by atoms with E-state index in [9.17, 15) is 9.18 Å². The molecule has 2 amide bonds. The number of para-hydroxylation sites is 1. The molecule has 3 aliphatic rings. The summed E-state index contributed by atoms with van der Waals surface area (Å²) in [7, 11) is 0. The van der Waals surface area contributed by atoms with E-state index >= 15 is 0 Å². The number of dihydropyridines is 1. The molecule has 5 N–H and O–H groups in total. The average molecular weight is 371 g/mol. The number of amides is 2. The summed E-state index contributed by atoms with van der Waals surface area (Å²) in [5, 5.41) is 3.13. The minimum Gasteiger partial charge on any atom is -0.385 e. The summed E-state index contributed by atoms with van der Waals surface area (Å²) in [5.74, 6) is 0.161. The van der Waals surface area contributed by atoms with E-state index in [-0.39, 0.29) is 23.9 Å². The number of hydrogen-bond acceptors (Lipinski definition) is 4. The molecule has 1 fully saturated rings. The van der Waals surface area contributed by atoms with Gasteiger partial charge in [0.15, 0.2) is 0 Å². The lowest BCUT2D eigenvalue weighted by Gasteiger charge is -2.45. The molecule has 0 saturated heterocycles. The topological polar surface area (TPSA) is 87.6 Å². The van der Waals surface area contributed by atoms with Gasteiger partial charge in [-0.15, -0.1) is 0 Å². The van der Waals surface area contributed by atoms with Gasteiger partial charge in [-0.1, -0.05) is 12.1 Å². The Hall–Kier alpha value is -2.54. The molecular formula is C20H26FN5O. The minimum absolute atomic E-state index is 0.00304. The normalized spacial score (nSPS) is 25.9. The number of benzene rings is 1. The average Bonchev–Trinajstić information content (AvgIpc) is 2.62. The van der Waals surface area contributed by atoms with Gasteiger partial charge in [0, 0.05) is 24.7 Å². The summed E-state index contributed by atoms with van der Waals surface area (Å²) in [6.45, 7) is 2.72. The summed E-state index contributed by atoms with van der Waals surface area (Å²) in [6.07, 6.45) is 5.41. The zero-order chi connectivity index (χ0) is 19.1. The second-order valence-electron chi connectivity index (χ2n) is 7.67. The summed E-state index contributed by atoms with van der Waals surface area (Å²) in [5.41, 5.74) is 15.1. The lowest BCUT2D eigenvalue weighted by atomic mass is 9.89. The highest BCUT2D eigenvalue weighted by molar-refractivity contribution is 5.96. The lowest BCUT2D eigenvalue weighted by molar-refractivity contribution is 0.176. The number of halogens is 1. The van der Waals surface area contributed by atoms with Crippen LogP contribution in [0.4, 0.5) is 14.9 Å². The molecule has 1 aromatic carbocycles. The van der Waals surface area contributed by atoms with Crippen molar-refractivity contribution in [1.82, 2.24) is 10.2 Å². The molecule has 2 heterocycles.